The molecule has 106 valence electrons. The van der Waals surface area contributed by atoms with Gasteiger partial charge in [0.25, 0.3) is 0 Å². The minimum absolute atomic E-state index is 0.275. The van der Waals surface area contributed by atoms with Gasteiger partial charge in [0.15, 0.2) is 0 Å². The van der Waals surface area contributed by atoms with Crippen LogP contribution in [0.25, 0.3) is 0 Å². The number of nitrogens with zero attached hydrogens (tertiary/aromatic N) is 2. The minimum Gasteiger partial charge on any atom is -0.497 e. The summed E-state index contributed by atoms with van der Waals surface area (Å²) in [5.41, 5.74) is 5.74. The fourth-order valence-corrected chi connectivity index (χ4v) is 2.50. The molecule has 0 spiro atoms. The van der Waals surface area contributed by atoms with E-state index in [0.29, 0.717) is 0 Å². The molecule has 0 amide bonds. The van der Waals surface area contributed by atoms with Crippen LogP contribution in [-0.2, 0) is 0 Å². The van der Waals surface area contributed by atoms with Gasteiger partial charge in [0.2, 0.25) is 5.95 Å². The number of hydrogen-bond acceptors (Lipinski definition) is 6. The Morgan fingerprint density at radius 3 is 2.90 bits per heavy atom. The van der Waals surface area contributed by atoms with Gasteiger partial charge >= 0.3 is 0 Å². The van der Waals surface area contributed by atoms with E-state index >= 15 is 0 Å². The van der Waals surface area contributed by atoms with Gasteiger partial charge in [-0.2, -0.15) is 4.98 Å². The number of anilines is 2. The summed E-state index contributed by atoms with van der Waals surface area (Å²) in [6.07, 6.45) is 1.03. The zero-order valence-electron chi connectivity index (χ0n) is 11.6. The third-order valence-electron chi connectivity index (χ3n) is 2.54. The second-order valence-corrected chi connectivity index (χ2v) is 5.25. The Morgan fingerprint density at radius 2 is 2.15 bits per heavy atom. The summed E-state index contributed by atoms with van der Waals surface area (Å²) in [4.78, 5) is 9.45. The maximum absolute atomic E-state index is 5.74. The number of nitrogens with one attached hydrogen (secondary N) is 1. The van der Waals surface area contributed by atoms with E-state index in [1.807, 2.05) is 30.3 Å². The fraction of sp³-hybridized carbons (Fsp3) is 0.286. The second kappa shape index (κ2) is 7.00. The highest BCUT2D eigenvalue weighted by Crippen LogP contribution is 2.30. The first-order chi connectivity index (χ1) is 9.71. The standard InChI is InChI=1S/C14H18N4OS/c1-3-7-16-12-9-13(18-14(15)17-12)20-11-6-4-5-10(8-11)19-2/h4-6,8-9H,3,7H2,1-2H3,(H3,15,16,17,18). The van der Waals surface area contributed by atoms with E-state index in [2.05, 4.69) is 22.2 Å². The lowest BCUT2D eigenvalue weighted by Gasteiger charge is -2.08. The highest BCUT2D eigenvalue weighted by Gasteiger charge is 2.05. The molecular formula is C14H18N4OS. The van der Waals surface area contributed by atoms with Crippen molar-refractivity contribution in [2.45, 2.75) is 23.3 Å². The zero-order valence-corrected chi connectivity index (χ0v) is 12.4. The van der Waals surface area contributed by atoms with Crippen molar-refractivity contribution >= 4 is 23.5 Å². The number of methoxy groups -OCH3 is 1. The molecule has 6 heteroatoms. The van der Waals surface area contributed by atoms with Crippen molar-refractivity contribution in [2.24, 2.45) is 0 Å². The number of nitrogen functional groups attached to an aromatic ring is 1. The smallest absolute Gasteiger partial charge is 0.223 e. The molecule has 0 atom stereocenters. The number of benzene rings is 1. The first-order valence-electron chi connectivity index (χ1n) is 6.41. The first kappa shape index (κ1) is 14.5. The molecule has 0 bridgehead atoms. The fourth-order valence-electron chi connectivity index (χ4n) is 1.62. The minimum atomic E-state index is 0.275. The monoisotopic (exact) mass is 290 g/mol. The molecular weight excluding hydrogens is 272 g/mol. The Balaban J connectivity index is 2.17. The lowest BCUT2D eigenvalue weighted by atomic mass is 10.3. The average molecular weight is 290 g/mol. The van der Waals surface area contributed by atoms with Crippen LogP contribution in [-0.4, -0.2) is 23.6 Å². The van der Waals surface area contributed by atoms with Gasteiger partial charge in [-0.15, -0.1) is 0 Å². The first-order valence-corrected chi connectivity index (χ1v) is 7.23. The van der Waals surface area contributed by atoms with Crippen LogP contribution in [0.3, 0.4) is 0 Å². The number of rotatable bonds is 6. The maximum atomic E-state index is 5.74. The molecule has 0 saturated heterocycles. The van der Waals surface area contributed by atoms with Crippen molar-refractivity contribution in [3.8, 4) is 5.75 Å². The molecule has 20 heavy (non-hydrogen) atoms. The van der Waals surface area contributed by atoms with Crippen molar-refractivity contribution in [3.63, 3.8) is 0 Å². The van der Waals surface area contributed by atoms with Crippen molar-refractivity contribution in [2.75, 3.05) is 24.7 Å². The van der Waals surface area contributed by atoms with E-state index in [1.165, 1.54) is 11.8 Å². The van der Waals surface area contributed by atoms with Crippen LogP contribution in [0.15, 0.2) is 40.3 Å². The molecule has 0 unspecified atom stereocenters. The molecule has 0 fully saturated rings. The molecule has 1 aromatic carbocycles. The van der Waals surface area contributed by atoms with Crippen LogP contribution in [0.5, 0.6) is 5.75 Å². The van der Waals surface area contributed by atoms with Crippen molar-refractivity contribution in [3.05, 3.63) is 30.3 Å². The van der Waals surface area contributed by atoms with Crippen LogP contribution in [0.2, 0.25) is 0 Å². The van der Waals surface area contributed by atoms with Gasteiger partial charge in [0.1, 0.15) is 16.6 Å². The van der Waals surface area contributed by atoms with E-state index in [-0.39, 0.29) is 5.95 Å². The zero-order chi connectivity index (χ0) is 14.4. The van der Waals surface area contributed by atoms with Crippen molar-refractivity contribution in [1.29, 1.82) is 0 Å². The molecule has 2 rings (SSSR count). The summed E-state index contributed by atoms with van der Waals surface area (Å²) in [5, 5.41) is 4.02. The topological polar surface area (TPSA) is 73.1 Å². The van der Waals surface area contributed by atoms with Crippen molar-refractivity contribution in [1.82, 2.24) is 9.97 Å². The van der Waals surface area contributed by atoms with E-state index in [0.717, 1.165) is 34.5 Å². The van der Waals surface area contributed by atoms with Gasteiger partial charge < -0.3 is 15.8 Å². The molecule has 1 aromatic heterocycles. The van der Waals surface area contributed by atoms with Gasteiger partial charge in [-0.1, -0.05) is 24.8 Å². The molecule has 0 radical (unpaired) electrons. The molecule has 0 aliphatic heterocycles. The largest absolute Gasteiger partial charge is 0.497 e. The lowest BCUT2D eigenvalue weighted by Crippen LogP contribution is -2.05. The third kappa shape index (κ3) is 4.03. The van der Waals surface area contributed by atoms with Crippen LogP contribution in [0.4, 0.5) is 11.8 Å². The summed E-state index contributed by atoms with van der Waals surface area (Å²) in [6.45, 7) is 2.96. The Morgan fingerprint density at radius 1 is 1.30 bits per heavy atom. The van der Waals surface area contributed by atoms with E-state index in [9.17, 15) is 0 Å². The molecule has 0 aliphatic rings. The average Bonchev–Trinajstić information content (AvgIpc) is 2.44. The second-order valence-electron chi connectivity index (χ2n) is 4.16. The SMILES string of the molecule is CCCNc1cc(Sc2cccc(OC)c2)nc(N)n1. The van der Waals surface area contributed by atoms with E-state index in [1.54, 1.807) is 7.11 Å². The van der Waals surface area contributed by atoms with Crippen LogP contribution >= 0.6 is 11.8 Å². The Bertz CT molecular complexity index is 577. The molecule has 1 heterocycles. The Kier molecular flexibility index (Phi) is 5.06. The Hall–Kier alpha value is -1.95. The molecule has 0 saturated carbocycles. The highest BCUT2D eigenvalue weighted by molar-refractivity contribution is 7.99. The van der Waals surface area contributed by atoms with Gasteiger partial charge in [-0.05, 0) is 24.6 Å². The summed E-state index contributed by atoms with van der Waals surface area (Å²) in [5.74, 6) is 1.85. The molecule has 3 N–H and O–H groups in total. The normalized spacial score (nSPS) is 10.3. The predicted octanol–water partition coefficient (Wildman–Crippen LogP) is 3.04. The van der Waals surface area contributed by atoms with Gasteiger partial charge in [0, 0.05) is 17.5 Å². The quantitative estimate of drug-likeness (QED) is 0.797. The summed E-state index contributed by atoms with van der Waals surface area (Å²) < 4.78 is 5.21. The van der Waals surface area contributed by atoms with Crippen molar-refractivity contribution < 1.29 is 4.74 Å². The molecule has 2 aromatic rings. The van der Waals surface area contributed by atoms with E-state index in [4.69, 9.17) is 10.5 Å². The highest BCUT2D eigenvalue weighted by atomic mass is 32.2. The summed E-state index contributed by atoms with van der Waals surface area (Å²) in [6, 6.07) is 9.72. The molecule has 5 nitrogen and oxygen atoms in total. The molecule has 0 aliphatic carbocycles. The number of hydrogen-bond donors (Lipinski definition) is 2. The summed E-state index contributed by atoms with van der Waals surface area (Å²) >= 11 is 1.53. The van der Waals surface area contributed by atoms with Crippen LogP contribution in [0, 0.1) is 0 Å². The number of aromatic nitrogens is 2. The predicted molar refractivity (Wildman–Crippen MR) is 82.3 cm³/mol. The number of nitrogens with two attached hydrogens (primary N) is 1. The lowest BCUT2D eigenvalue weighted by molar-refractivity contribution is 0.413. The van der Waals surface area contributed by atoms with Gasteiger partial charge in [-0.25, -0.2) is 4.98 Å². The Labute approximate surface area is 123 Å². The maximum Gasteiger partial charge on any atom is 0.223 e. The van der Waals surface area contributed by atoms with Crippen LogP contribution < -0.4 is 15.8 Å². The number of ether oxygens (including phenoxy) is 1. The van der Waals surface area contributed by atoms with Gasteiger partial charge in [-0.3, -0.25) is 0 Å². The summed E-state index contributed by atoms with van der Waals surface area (Å²) in [7, 11) is 1.65. The van der Waals surface area contributed by atoms with E-state index < -0.39 is 0 Å². The van der Waals surface area contributed by atoms with Crippen LogP contribution in [0.1, 0.15) is 13.3 Å². The third-order valence-corrected chi connectivity index (χ3v) is 3.45. The van der Waals surface area contributed by atoms with Gasteiger partial charge in [0.05, 0.1) is 7.11 Å².